The van der Waals surface area contributed by atoms with Gasteiger partial charge in [-0.15, -0.1) is 0 Å². The summed E-state index contributed by atoms with van der Waals surface area (Å²) in [6.45, 7) is 2.11. The van der Waals surface area contributed by atoms with Gasteiger partial charge in [0.25, 0.3) is 0 Å². The molecule has 1 fully saturated rings. The molecule has 0 aromatic heterocycles. The van der Waals surface area contributed by atoms with E-state index in [1.165, 1.54) is 31.3 Å². The Hall–Kier alpha value is -0.420. The topological polar surface area (TPSA) is 55.7 Å². The minimum Gasteiger partial charge on any atom is -0.377 e. The van der Waals surface area contributed by atoms with Crippen LogP contribution in [0.15, 0.2) is 11.6 Å². The Morgan fingerprint density at radius 3 is 2.60 bits per heavy atom. The number of allylic oxidation sites excluding steroid dienone is 1. The normalized spacial score (nSPS) is 33.9. The zero-order valence-electron chi connectivity index (χ0n) is 9.02. The fourth-order valence-electron chi connectivity index (χ4n) is 2.36. The first-order valence-corrected chi connectivity index (χ1v) is 5.76. The first kappa shape index (κ1) is 11.1. The summed E-state index contributed by atoms with van der Waals surface area (Å²) in [5, 5.41) is 21.6. The first-order valence-electron chi connectivity index (χ1n) is 5.76. The third-order valence-electron chi connectivity index (χ3n) is 3.06. The maximum absolute atomic E-state index is 9.45. The van der Waals surface area contributed by atoms with Crippen molar-refractivity contribution in [2.45, 2.75) is 38.1 Å². The van der Waals surface area contributed by atoms with E-state index in [9.17, 15) is 10.2 Å². The number of hydrogen-bond acceptors (Lipinski definition) is 4. The Labute approximate surface area is 90.6 Å². The molecule has 3 N–H and O–H groups in total. The van der Waals surface area contributed by atoms with Crippen LogP contribution < -0.4 is 5.32 Å². The van der Waals surface area contributed by atoms with Crippen molar-refractivity contribution in [1.82, 2.24) is 10.2 Å². The van der Waals surface area contributed by atoms with E-state index in [1.54, 1.807) is 0 Å². The van der Waals surface area contributed by atoms with Crippen LogP contribution >= 0.6 is 0 Å². The SMILES string of the molecule is OC1CN(CC2=CCCCC2)C[C@@H](O)N1. The number of aliphatic hydroxyl groups excluding tert-OH is 2. The van der Waals surface area contributed by atoms with Crippen molar-refractivity contribution in [1.29, 1.82) is 0 Å². The summed E-state index contributed by atoms with van der Waals surface area (Å²) in [5.74, 6) is 0. The van der Waals surface area contributed by atoms with E-state index in [4.69, 9.17) is 0 Å². The van der Waals surface area contributed by atoms with Crippen LogP contribution in [-0.4, -0.2) is 47.2 Å². The molecular formula is C11H20N2O2. The van der Waals surface area contributed by atoms with Gasteiger partial charge in [-0.2, -0.15) is 0 Å². The molecule has 1 heterocycles. The van der Waals surface area contributed by atoms with Crippen molar-refractivity contribution in [3.63, 3.8) is 0 Å². The quantitative estimate of drug-likeness (QED) is 0.565. The number of hydrogen-bond donors (Lipinski definition) is 3. The molecule has 1 saturated heterocycles. The number of nitrogens with one attached hydrogen (secondary N) is 1. The van der Waals surface area contributed by atoms with Gasteiger partial charge < -0.3 is 10.2 Å². The predicted octanol–water partition coefficient (Wildman–Crippen LogP) is 0.0288. The summed E-state index contributed by atoms with van der Waals surface area (Å²) < 4.78 is 0. The molecule has 0 aromatic carbocycles. The smallest absolute Gasteiger partial charge is 0.119 e. The molecule has 4 heteroatoms. The highest BCUT2D eigenvalue weighted by Gasteiger charge is 2.23. The highest BCUT2D eigenvalue weighted by Crippen LogP contribution is 2.18. The van der Waals surface area contributed by atoms with E-state index in [-0.39, 0.29) is 0 Å². The Kier molecular flexibility index (Phi) is 3.75. The van der Waals surface area contributed by atoms with Crippen LogP contribution in [0.1, 0.15) is 25.7 Å². The molecule has 2 atom stereocenters. The minimum atomic E-state index is -0.599. The van der Waals surface area contributed by atoms with Crippen molar-refractivity contribution >= 4 is 0 Å². The molecule has 0 saturated carbocycles. The third-order valence-corrected chi connectivity index (χ3v) is 3.06. The van der Waals surface area contributed by atoms with Crippen LogP contribution in [0.2, 0.25) is 0 Å². The minimum absolute atomic E-state index is 0.599. The van der Waals surface area contributed by atoms with Crippen LogP contribution in [0.3, 0.4) is 0 Å². The van der Waals surface area contributed by atoms with Crippen molar-refractivity contribution in [3.05, 3.63) is 11.6 Å². The second-order valence-electron chi connectivity index (χ2n) is 4.50. The summed E-state index contributed by atoms with van der Waals surface area (Å²) in [7, 11) is 0. The van der Waals surface area contributed by atoms with Crippen molar-refractivity contribution in [2.75, 3.05) is 19.6 Å². The second kappa shape index (κ2) is 5.07. The van der Waals surface area contributed by atoms with Crippen LogP contribution in [0.4, 0.5) is 0 Å². The van der Waals surface area contributed by atoms with Gasteiger partial charge in [0.05, 0.1) is 0 Å². The molecule has 0 spiro atoms. The van der Waals surface area contributed by atoms with E-state index in [1.807, 2.05) is 0 Å². The molecule has 1 aliphatic carbocycles. The zero-order valence-corrected chi connectivity index (χ0v) is 9.02. The van der Waals surface area contributed by atoms with Gasteiger partial charge in [-0.25, -0.2) is 0 Å². The monoisotopic (exact) mass is 212 g/mol. The molecule has 1 unspecified atom stereocenters. The van der Waals surface area contributed by atoms with Crippen molar-refractivity contribution in [3.8, 4) is 0 Å². The molecule has 15 heavy (non-hydrogen) atoms. The summed E-state index contributed by atoms with van der Waals surface area (Å²) in [6, 6.07) is 0. The lowest BCUT2D eigenvalue weighted by atomic mass is 9.99. The van der Waals surface area contributed by atoms with E-state index in [0.717, 1.165) is 6.54 Å². The Morgan fingerprint density at radius 1 is 1.27 bits per heavy atom. The number of piperazine rings is 1. The lowest BCUT2D eigenvalue weighted by Gasteiger charge is -2.35. The molecule has 2 rings (SSSR count). The molecule has 0 amide bonds. The second-order valence-corrected chi connectivity index (χ2v) is 4.50. The summed E-state index contributed by atoms with van der Waals surface area (Å²) in [6.07, 6.45) is 6.06. The lowest BCUT2D eigenvalue weighted by molar-refractivity contribution is -0.0355. The van der Waals surface area contributed by atoms with Crippen molar-refractivity contribution < 1.29 is 10.2 Å². The predicted molar refractivity (Wildman–Crippen MR) is 58.1 cm³/mol. The Bertz CT molecular complexity index is 233. The Morgan fingerprint density at radius 2 is 2.00 bits per heavy atom. The van der Waals surface area contributed by atoms with Crippen LogP contribution in [0.5, 0.6) is 0 Å². The van der Waals surface area contributed by atoms with Gasteiger partial charge in [0.2, 0.25) is 0 Å². The highest BCUT2D eigenvalue weighted by atomic mass is 16.3. The van der Waals surface area contributed by atoms with Gasteiger partial charge in [-0.1, -0.05) is 11.6 Å². The molecule has 0 aromatic rings. The number of rotatable bonds is 2. The largest absolute Gasteiger partial charge is 0.377 e. The molecular weight excluding hydrogens is 192 g/mol. The molecule has 0 radical (unpaired) electrons. The fourth-order valence-corrected chi connectivity index (χ4v) is 2.36. The molecule has 4 nitrogen and oxygen atoms in total. The van der Waals surface area contributed by atoms with E-state index in [0.29, 0.717) is 13.1 Å². The maximum atomic E-state index is 9.45. The standard InChI is InChI=1S/C11H20N2O2/c14-10-7-13(8-11(15)12-10)6-9-4-2-1-3-5-9/h4,10-12,14-15H,1-3,5-8H2/t10-,11?/m1/s1. The lowest BCUT2D eigenvalue weighted by Crippen LogP contribution is -2.56. The van der Waals surface area contributed by atoms with Gasteiger partial charge in [-0.3, -0.25) is 10.2 Å². The van der Waals surface area contributed by atoms with Gasteiger partial charge in [0.15, 0.2) is 0 Å². The van der Waals surface area contributed by atoms with Crippen LogP contribution in [0, 0.1) is 0 Å². The average molecular weight is 212 g/mol. The van der Waals surface area contributed by atoms with E-state index in [2.05, 4.69) is 16.3 Å². The maximum Gasteiger partial charge on any atom is 0.119 e. The van der Waals surface area contributed by atoms with Gasteiger partial charge in [0.1, 0.15) is 12.5 Å². The van der Waals surface area contributed by atoms with E-state index >= 15 is 0 Å². The third kappa shape index (κ3) is 3.28. The summed E-state index contributed by atoms with van der Waals surface area (Å²) in [5.41, 5.74) is 1.46. The van der Waals surface area contributed by atoms with Crippen LogP contribution in [0.25, 0.3) is 0 Å². The first-order chi connectivity index (χ1) is 7.24. The van der Waals surface area contributed by atoms with Crippen molar-refractivity contribution in [2.24, 2.45) is 0 Å². The van der Waals surface area contributed by atoms with Crippen LogP contribution in [-0.2, 0) is 0 Å². The molecule has 1 aliphatic heterocycles. The summed E-state index contributed by atoms with van der Waals surface area (Å²) >= 11 is 0. The number of aliphatic hydroxyl groups is 2. The highest BCUT2D eigenvalue weighted by molar-refractivity contribution is 5.07. The van der Waals surface area contributed by atoms with E-state index < -0.39 is 12.5 Å². The molecule has 2 aliphatic rings. The summed E-state index contributed by atoms with van der Waals surface area (Å²) in [4.78, 5) is 2.11. The number of β-amino-alcohol motifs (C(OH)–C–C–N with tert-alkyl or cyclic N) is 2. The van der Waals surface area contributed by atoms with Gasteiger partial charge in [-0.05, 0) is 25.7 Å². The molecule has 0 bridgehead atoms. The fraction of sp³-hybridized carbons (Fsp3) is 0.818. The average Bonchev–Trinajstić information content (AvgIpc) is 2.17. The number of nitrogens with zero attached hydrogens (tertiary/aromatic N) is 1. The van der Waals surface area contributed by atoms with Gasteiger partial charge in [0, 0.05) is 19.6 Å². The zero-order chi connectivity index (χ0) is 10.7. The molecule has 86 valence electrons. The Balaban J connectivity index is 1.85. The van der Waals surface area contributed by atoms with Gasteiger partial charge >= 0.3 is 0 Å².